The Kier molecular flexibility index (Phi) is 7.15. The first-order chi connectivity index (χ1) is 26.7. The molecule has 3 nitrogen and oxygen atoms in total. The molecule has 1 spiro atoms. The number of rotatable bonds is 4. The number of nitrogens with zero attached hydrogens (tertiary/aromatic N) is 3. The summed E-state index contributed by atoms with van der Waals surface area (Å²) in [5.41, 5.74) is 17.5. The Morgan fingerprint density at radius 2 is 0.796 bits per heavy atom. The molecule has 0 saturated heterocycles. The smallest absolute Gasteiger partial charge is 0.0998 e. The Labute approximate surface area is 314 Å². The largest absolute Gasteiger partial charge is 0.310 e. The van der Waals surface area contributed by atoms with Gasteiger partial charge in [-0.2, -0.15) is 10.5 Å². The summed E-state index contributed by atoms with van der Waals surface area (Å²) in [7, 11) is 0. The molecule has 250 valence electrons. The lowest BCUT2D eigenvalue weighted by Gasteiger charge is -2.45. The molecule has 0 radical (unpaired) electrons. The normalized spacial score (nSPS) is 12.9. The lowest BCUT2D eigenvalue weighted by molar-refractivity contribution is 0.752. The number of benzene rings is 8. The third-order valence-electron chi connectivity index (χ3n) is 11.2. The minimum absolute atomic E-state index is 0.453. The second-order valence-electron chi connectivity index (χ2n) is 13.8. The number of nitriles is 2. The van der Waals surface area contributed by atoms with Crippen LogP contribution in [0.15, 0.2) is 188 Å². The van der Waals surface area contributed by atoms with Gasteiger partial charge in [0.05, 0.1) is 40.1 Å². The van der Waals surface area contributed by atoms with Crippen LogP contribution in [0.2, 0.25) is 0 Å². The van der Waals surface area contributed by atoms with E-state index in [1.165, 1.54) is 33.4 Å². The second-order valence-corrected chi connectivity index (χ2v) is 13.8. The first-order valence-corrected chi connectivity index (χ1v) is 18.1. The Morgan fingerprint density at radius 1 is 0.352 bits per heavy atom. The molecule has 3 heteroatoms. The van der Waals surface area contributed by atoms with Gasteiger partial charge in [0.25, 0.3) is 0 Å². The first kappa shape index (κ1) is 31.3. The van der Waals surface area contributed by atoms with Crippen LogP contribution in [0.5, 0.6) is 0 Å². The highest BCUT2D eigenvalue weighted by atomic mass is 15.2. The fraction of sp³-hybridized carbons (Fsp3) is 0.0196. The molecule has 8 aromatic carbocycles. The van der Waals surface area contributed by atoms with E-state index >= 15 is 0 Å². The van der Waals surface area contributed by atoms with Crippen LogP contribution in [0.3, 0.4) is 0 Å². The molecule has 0 unspecified atom stereocenters. The first-order valence-electron chi connectivity index (χ1n) is 18.1. The van der Waals surface area contributed by atoms with E-state index in [0.717, 1.165) is 50.4 Å². The quantitative estimate of drug-likeness (QED) is 0.185. The van der Waals surface area contributed by atoms with Crippen LogP contribution in [-0.2, 0) is 5.41 Å². The predicted molar refractivity (Wildman–Crippen MR) is 218 cm³/mol. The van der Waals surface area contributed by atoms with Gasteiger partial charge in [-0.3, -0.25) is 0 Å². The zero-order valence-corrected chi connectivity index (χ0v) is 29.2. The van der Waals surface area contributed by atoms with Crippen LogP contribution in [0.1, 0.15) is 33.4 Å². The van der Waals surface area contributed by atoms with E-state index in [2.05, 4.69) is 157 Å². The van der Waals surface area contributed by atoms with E-state index in [1.54, 1.807) is 0 Å². The van der Waals surface area contributed by atoms with Crippen LogP contribution < -0.4 is 4.90 Å². The molecular formula is C51H31N3. The SMILES string of the molecule is N#Cc1ccccc1-c1ccc(-c2ccc(N3c4ccccc4C4(c5ccccc5-c5ccccc54)c4ccccc43)cc2)c(-c2ccccc2C#N)c1. The molecule has 0 aromatic heterocycles. The van der Waals surface area contributed by atoms with Crippen molar-refractivity contribution in [1.29, 1.82) is 10.5 Å². The van der Waals surface area contributed by atoms with Gasteiger partial charge in [0, 0.05) is 11.3 Å². The lowest BCUT2D eigenvalue weighted by Crippen LogP contribution is -2.36. The van der Waals surface area contributed by atoms with Crippen molar-refractivity contribution in [2.24, 2.45) is 0 Å². The number of para-hydroxylation sites is 2. The summed E-state index contributed by atoms with van der Waals surface area (Å²) in [5, 5.41) is 20.0. The highest BCUT2D eigenvalue weighted by Crippen LogP contribution is 2.63. The fourth-order valence-corrected chi connectivity index (χ4v) is 8.96. The molecule has 0 N–H and O–H groups in total. The molecule has 10 rings (SSSR count). The highest BCUT2D eigenvalue weighted by molar-refractivity contribution is 5.96. The van der Waals surface area contributed by atoms with Crippen molar-refractivity contribution in [3.8, 4) is 56.6 Å². The molecule has 54 heavy (non-hydrogen) atoms. The summed E-state index contributed by atoms with van der Waals surface area (Å²) >= 11 is 0. The van der Waals surface area contributed by atoms with E-state index < -0.39 is 5.41 Å². The summed E-state index contributed by atoms with van der Waals surface area (Å²) in [6.45, 7) is 0. The van der Waals surface area contributed by atoms with Gasteiger partial charge >= 0.3 is 0 Å². The monoisotopic (exact) mass is 685 g/mol. The van der Waals surface area contributed by atoms with Crippen molar-refractivity contribution in [2.45, 2.75) is 5.41 Å². The molecule has 2 aliphatic rings. The van der Waals surface area contributed by atoms with Gasteiger partial charge in [-0.25, -0.2) is 0 Å². The maximum absolute atomic E-state index is 10.1. The number of hydrogen-bond acceptors (Lipinski definition) is 3. The summed E-state index contributed by atoms with van der Waals surface area (Å²) in [4.78, 5) is 2.40. The minimum Gasteiger partial charge on any atom is -0.310 e. The van der Waals surface area contributed by atoms with Crippen LogP contribution in [-0.4, -0.2) is 0 Å². The molecular weight excluding hydrogens is 655 g/mol. The zero-order valence-electron chi connectivity index (χ0n) is 29.2. The summed E-state index contributed by atoms with van der Waals surface area (Å²) in [5.74, 6) is 0. The Balaban J connectivity index is 1.14. The van der Waals surface area contributed by atoms with Crippen molar-refractivity contribution in [3.05, 3.63) is 221 Å². The van der Waals surface area contributed by atoms with E-state index in [0.29, 0.717) is 11.1 Å². The summed E-state index contributed by atoms with van der Waals surface area (Å²) in [6, 6.07) is 70.7. The minimum atomic E-state index is -0.453. The molecule has 0 atom stereocenters. The van der Waals surface area contributed by atoms with E-state index in [-0.39, 0.29) is 0 Å². The summed E-state index contributed by atoms with van der Waals surface area (Å²) in [6.07, 6.45) is 0. The Bertz CT molecular complexity index is 2770. The van der Waals surface area contributed by atoms with Crippen molar-refractivity contribution < 1.29 is 0 Å². The molecule has 1 heterocycles. The number of hydrogen-bond donors (Lipinski definition) is 0. The third-order valence-corrected chi connectivity index (χ3v) is 11.2. The lowest BCUT2D eigenvalue weighted by atomic mass is 9.64. The topological polar surface area (TPSA) is 50.8 Å². The average molecular weight is 686 g/mol. The van der Waals surface area contributed by atoms with Crippen molar-refractivity contribution >= 4 is 17.1 Å². The van der Waals surface area contributed by atoms with Gasteiger partial charge < -0.3 is 4.90 Å². The van der Waals surface area contributed by atoms with E-state index in [4.69, 9.17) is 0 Å². The standard InChI is InChI=1S/C51H31N3/c52-32-36-13-1-3-15-39(36)35-27-30-41(44(31-35)40-16-4-2-14-37(40)33-53)34-25-28-38(29-26-34)54-49-23-11-9-21-47(49)51(48-22-10-12-24-50(48)54)45-19-7-5-17-42(45)43-18-6-8-20-46(43)51/h1-31H. The number of fused-ring (bicyclic) bond motifs is 9. The molecule has 0 saturated carbocycles. The Morgan fingerprint density at radius 3 is 1.37 bits per heavy atom. The predicted octanol–water partition coefficient (Wildman–Crippen LogP) is 12.6. The van der Waals surface area contributed by atoms with Crippen LogP contribution >= 0.6 is 0 Å². The van der Waals surface area contributed by atoms with Crippen LogP contribution in [0, 0.1) is 22.7 Å². The van der Waals surface area contributed by atoms with Crippen LogP contribution in [0.4, 0.5) is 17.1 Å². The second kappa shape index (κ2) is 12.3. The van der Waals surface area contributed by atoms with Gasteiger partial charge in [-0.05, 0) is 104 Å². The van der Waals surface area contributed by atoms with Gasteiger partial charge in [0.2, 0.25) is 0 Å². The van der Waals surface area contributed by atoms with Crippen molar-refractivity contribution in [3.63, 3.8) is 0 Å². The van der Waals surface area contributed by atoms with Gasteiger partial charge in [-0.1, -0.05) is 146 Å². The van der Waals surface area contributed by atoms with E-state index in [1.807, 2.05) is 48.5 Å². The van der Waals surface area contributed by atoms with Gasteiger partial charge in [0.15, 0.2) is 0 Å². The van der Waals surface area contributed by atoms with Crippen LogP contribution in [0.25, 0.3) is 44.5 Å². The molecule has 1 aliphatic carbocycles. The maximum Gasteiger partial charge on any atom is 0.0998 e. The Hall–Kier alpha value is -7.46. The summed E-state index contributed by atoms with van der Waals surface area (Å²) < 4.78 is 0. The highest BCUT2D eigenvalue weighted by Gasteiger charge is 2.51. The fourth-order valence-electron chi connectivity index (χ4n) is 8.96. The zero-order chi connectivity index (χ0) is 36.2. The molecule has 8 aromatic rings. The van der Waals surface area contributed by atoms with Crippen molar-refractivity contribution in [2.75, 3.05) is 4.90 Å². The average Bonchev–Trinajstić information content (AvgIpc) is 3.54. The maximum atomic E-state index is 10.1. The molecule has 0 amide bonds. The van der Waals surface area contributed by atoms with Gasteiger partial charge in [0.1, 0.15) is 0 Å². The number of anilines is 3. The third kappa shape index (κ3) is 4.46. The van der Waals surface area contributed by atoms with Crippen molar-refractivity contribution in [1.82, 2.24) is 0 Å². The van der Waals surface area contributed by atoms with Gasteiger partial charge in [-0.15, -0.1) is 0 Å². The van der Waals surface area contributed by atoms with E-state index in [9.17, 15) is 10.5 Å². The molecule has 0 bridgehead atoms. The molecule has 1 aliphatic heterocycles. The molecule has 0 fully saturated rings.